The summed E-state index contributed by atoms with van der Waals surface area (Å²) in [6.45, 7) is 5.11. The van der Waals surface area contributed by atoms with Gasteiger partial charge in [0.2, 0.25) is 5.88 Å². The van der Waals surface area contributed by atoms with Gasteiger partial charge in [-0.25, -0.2) is 4.98 Å². The van der Waals surface area contributed by atoms with Crippen LogP contribution in [0.25, 0.3) is 10.8 Å². The first kappa shape index (κ1) is 13.8. The van der Waals surface area contributed by atoms with Crippen LogP contribution >= 0.6 is 0 Å². The van der Waals surface area contributed by atoms with Crippen molar-refractivity contribution in [2.24, 2.45) is 5.92 Å². The van der Waals surface area contributed by atoms with Crippen LogP contribution < -0.4 is 4.74 Å². The number of hydrogen-bond acceptors (Lipinski definition) is 3. The van der Waals surface area contributed by atoms with Crippen LogP contribution in [0.1, 0.15) is 32.3 Å². The molecule has 0 amide bonds. The Morgan fingerprint density at radius 2 is 1.95 bits per heavy atom. The summed E-state index contributed by atoms with van der Waals surface area (Å²) in [6, 6.07) is 7.90. The number of aliphatic hydroxyl groups excluding tert-OH is 1. The van der Waals surface area contributed by atoms with Gasteiger partial charge < -0.3 is 9.84 Å². The molecule has 0 radical (unpaired) electrons. The molecule has 19 heavy (non-hydrogen) atoms. The summed E-state index contributed by atoms with van der Waals surface area (Å²) >= 11 is 0. The summed E-state index contributed by atoms with van der Waals surface area (Å²) in [5.41, 5.74) is 0.838. The quantitative estimate of drug-likeness (QED) is 0.807. The lowest BCUT2D eigenvalue weighted by atomic mass is 10.1. The second-order valence-electron chi connectivity index (χ2n) is 5.18. The highest BCUT2D eigenvalue weighted by atomic mass is 16.5. The summed E-state index contributed by atoms with van der Waals surface area (Å²) in [5, 5.41) is 11.3. The van der Waals surface area contributed by atoms with Crippen LogP contribution in [0.5, 0.6) is 5.88 Å². The van der Waals surface area contributed by atoms with E-state index in [1.165, 1.54) is 0 Å². The van der Waals surface area contributed by atoms with Gasteiger partial charge in [-0.3, -0.25) is 0 Å². The van der Waals surface area contributed by atoms with E-state index in [-0.39, 0.29) is 6.61 Å². The molecule has 102 valence electrons. The summed E-state index contributed by atoms with van der Waals surface area (Å²) in [6.07, 6.45) is 3.89. The van der Waals surface area contributed by atoms with E-state index >= 15 is 0 Å². The van der Waals surface area contributed by atoms with E-state index in [4.69, 9.17) is 4.74 Å². The van der Waals surface area contributed by atoms with Gasteiger partial charge in [0.15, 0.2) is 0 Å². The molecule has 0 unspecified atom stereocenters. The highest BCUT2D eigenvalue weighted by molar-refractivity contribution is 5.89. The van der Waals surface area contributed by atoms with Gasteiger partial charge in [0.25, 0.3) is 0 Å². The van der Waals surface area contributed by atoms with Crippen molar-refractivity contribution in [2.45, 2.75) is 33.3 Å². The molecule has 3 nitrogen and oxygen atoms in total. The van der Waals surface area contributed by atoms with Crippen LogP contribution in [0.3, 0.4) is 0 Å². The summed E-state index contributed by atoms with van der Waals surface area (Å²) in [5.74, 6) is 1.36. The lowest BCUT2D eigenvalue weighted by molar-refractivity contribution is 0.280. The number of hydrogen-bond donors (Lipinski definition) is 1. The monoisotopic (exact) mass is 259 g/mol. The minimum atomic E-state index is 0.00113. The fourth-order valence-electron chi connectivity index (χ4n) is 2.13. The minimum absolute atomic E-state index is 0.00113. The van der Waals surface area contributed by atoms with Crippen molar-refractivity contribution in [3.05, 3.63) is 36.0 Å². The second kappa shape index (κ2) is 6.53. The topological polar surface area (TPSA) is 42.4 Å². The largest absolute Gasteiger partial charge is 0.477 e. The van der Waals surface area contributed by atoms with E-state index in [9.17, 15) is 5.11 Å². The number of pyridine rings is 1. The molecule has 0 bridgehead atoms. The van der Waals surface area contributed by atoms with E-state index < -0.39 is 0 Å². The Hall–Kier alpha value is -1.61. The van der Waals surface area contributed by atoms with Crippen LogP contribution in [0.2, 0.25) is 0 Å². The Morgan fingerprint density at radius 1 is 1.21 bits per heavy atom. The van der Waals surface area contributed by atoms with Crippen molar-refractivity contribution in [1.82, 2.24) is 4.98 Å². The van der Waals surface area contributed by atoms with Crippen LogP contribution in [-0.4, -0.2) is 16.7 Å². The number of benzene rings is 1. The summed E-state index contributed by atoms with van der Waals surface area (Å²) in [7, 11) is 0. The van der Waals surface area contributed by atoms with Crippen molar-refractivity contribution in [3.8, 4) is 5.88 Å². The van der Waals surface area contributed by atoms with Gasteiger partial charge in [-0.1, -0.05) is 32.0 Å². The normalized spacial score (nSPS) is 11.2. The smallest absolute Gasteiger partial charge is 0.221 e. The minimum Gasteiger partial charge on any atom is -0.477 e. The van der Waals surface area contributed by atoms with Crippen LogP contribution in [-0.2, 0) is 6.61 Å². The molecule has 0 spiro atoms. The first-order chi connectivity index (χ1) is 9.22. The predicted octanol–water partition coefficient (Wildman–Crippen LogP) is 3.54. The Kier molecular flexibility index (Phi) is 4.74. The van der Waals surface area contributed by atoms with Gasteiger partial charge in [0, 0.05) is 17.1 Å². The van der Waals surface area contributed by atoms with Crippen molar-refractivity contribution in [3.63, 3.8) is 0 Å². The highest BCUT2D eigenvalue weighted by Gasteiger charge is 2.07. The lowest BCUT2D eigenvalue weighted by Gasteiger charge is -2.11. The SMILES string of the molecule is CC(C)CCCOc1ncc(CO)c2ccccc12. The number of fused-ring (bicyclic) bond motifs is 1. The third-order valence-electron chi connectivity index (χ3n) is 3.18. The molecule has 0 aliphatic heterocycles. The lowest BCUT2D eigenvalue weighted by Crippen LogP contribution is -2.02. The molecule has 1 aromatic heterocycles. The zero-order chi connectivity index (χ0) is 13.7. The van der Waals surface area contributed by atoms with E-state index in [0.29, 0.717) is 18.4 Å². The van der Waals surface area contributed by atoms with E-state index in [0.717, 1.165) is 29.2 Å². The molecule has 0 fully saturated rings. The number of ether oxygens (including phenoxy) is 1. The fourth-order valence-corrected chi connectivity index (χ4v) is 2.13. The third-order valence-corrected chi connectivity index (χ3v) is 3.18. The molecule has 0 saturated carbocycles. The molecule has 2 aromatic rings. The number of rotatable bonds is 6. The molecular formula is C16H21NO2. The Bertz CT molecular complexity index is 537. The average molecular weight is 259 g/mol. The van der Waals surface area contributed by atoms with Crippen molar-refractivity contribution in [1.29, 1.82) is 0 Å². The zero-order valence-electron chi connectivity index (χ0n) is 11.6. The van der Waals surface area contributed by atoms with E-state index in [1.54, 1.807) is 6.20 Å². The zero-order valence-corrected chi connectivity index (χ0v) is 11.6. The highest BCUT2D eigenvalue weighted by Crippen LogP contribution is 2.26. The molecule has 1 heterocycles. The summed E-state index contributed by atoms with van der Waals surface area (Å²) < 4.78 is 5.78. The number of aliphatic hydroxyl groups is 1. The van der Waals surface area contributed by atoms with E-state index in [1.807, 2.05) is 24.3 Å². The fraction of sp³-hybridized carbons (Fsp3) is 0.438. The third kappa shape index (κ3) is 3.44. The Balaban J connectivity index is 2.15. The van der Waals surface area contributed by atoms with Gasteiger partial charge in [-0.15, -0.1) is 0 Å². The van der Waals surface area contributed by atoms with Crippen LogP contribution in [0.4, 0.5) is 0 Å². The molecule has 0 atom stereocenters. The molecule has 0 aliphatic carbocycles. The van der Waals surface area contributed by atoms with Crippen molar-refractivity contribution in [2.75, 3.05) is 6.61 Å². The second-order valence-corrected chi connectivity index (χ2v) is 5.18. The molecule has 1 aromatic carbocycles. The average Bonchev–Trinajstić information content (AvgIpc) is 2.43. The first-order valence-corrected chi connectivity index (χ1v) is 6.82. The maximum Gasteiger partial charge on any atom is 0.221 e. The molecule has 3 heteroatoms. The van der Waals surface area contributed by atoms with Gasteiger partial charge in [-0.05, 0) is 30.2 Å². The predicted molar refractivity (Wildman–Crippen MR) is 77.2 cm³/mol. The maximum absolute atomic E-state index is 9.32. The molecule has 2 rings (SSSR count). The van der Waals surface area contributed by atoms with Gasteiger partial charge in [0.1, 0.15) is 0 Å². The molecule has 0 aliphatic rings. The molecule has 1 N–H and O–H groups in total. The van der Waals surface area contributed by atoms with E-state index in [2.05, 4.69) is 18.8 Å². The molecular weight excluding hydrogens is 238 g/mol. The van der Waals surface area contributed by atoms with Crippen LogP contribution in [0.15, 0.2) is 30.5 Å². The number of aromatic nitrogens is 1. The van der Waals surface area contributed by atoms with Gasteiger partial charge in [0.05, 0.1) is 13.2 Å². The Morgan fingerprint density at radius 3 is 2.63 bits per heavy atom. The first-order valence-electron chi connectivity index (χ1n) is 6.82. The van der Waals surface area contributed by atoms with Crippen LogP contribution in [0, 0.1) is 5.92 Å². The van der Waals surface area contributed by atoms with Gasteiger partial charge in [-0.2, -0.15) is 0 Å². The van der Waals surface area contributed by atoms with Crippen molar-refractivity contribution < 1.29 is 9.84 Å². The maximum atomic E-state index is 9.32. The molecule has 0 saturated heterocycles. The standard InChI is InChI=1S/C16H21NO2/c1-12(2)6-5-9-19-16-15-8-4-3-7-14(15)13(11-18)10-17-16/h3-4,7-8,10,12,18H,5-6,9,11H2,1-2H3. The van der Waals surface area contributed by atoms with Crippen molar-refractivity contribution >= 4 is 10.8 Å². The number of nitrogens with zero attached hydrogens (tertiary/aromatic N) is 1. The summed E-state index contributed by atoms with van der Waals surface area (Å²) in [4.78, 5) is 4.31. The van der Waals surface area contributed by atoms with Gasteiger partial charge >= 0.3 is 0 Å². The Labute approximate surface area is 114 Å².